The van der Waals surface area contributed by atoms with E-state index >= 15 is 0 Å². The highest BCUT2D eigenvalue weighted by Crippen LogP contribution is 2.16. The zero-order chi connectivity index (χ0) is 17.7. The van der Waals surface area contributed by atoms with Crippen LogP contribution in [-0.4, -0.2) is 10.2 Å². The maximum atomic E-state index is 9.26. The van der Waals surface area contributed by atoms with Crippen molar-refractivity contribution in [3.05, 3.63) is 59.7 Å². The molecular weight excluding hydrogens is 308 g/mol. The Bertz CT molecular complexity index is 519. The van der Waals surface area contributed by atoms with Gasteiger partial charge in [-0.05, 0) is 61.1 Å². The van der Waals surface area contributed by atoms with Crippen molar-refractivity contribution < 1.29 is 10.2 Å². The second kappa shape index (κ2) is 11.6. The van der Waals surface area contributed by atoms with Gasteiger partial charge < -0.3 is 10.2 Å². The molecule has 0 spiro atoms. The molecule has 0 unspecified atom stereocenters. The fourth-order valence-electron chi connectivity index (χ4n) is 3.22. The van der Waals surface area contributed by atoms with Gasteiger partial charge in [0.05, 0.1) is 0 Å². The number of hydrogen-bond acceptors (Lipinski definition) is 2. The van der Waals surface area contributed by atoms with Crippen LogP contribution in [0.4, 0.5) is 0 Å². The minimum atomic E-state index is 0.354. The van der Waals surface area contributed by atoms with E-state index in [-0.39, 0.29) is 0 Å². The Labute approximate surface area is 152 Å². The number of aromatic hydroxyl groups is 2. The fourth-order valence-corrected chi connectivity index (χ4v) is 3.22. The van der Waals surface area contributed by atoms with Gasteiger partial charge in [-0.25, -0.2) is 0 Å². The van der Waals surface area contributed by atoms with Gasteiger partial charge in [-0.3, -0.25) is 0 Å². The molecule has 2 rings (SSSR count). The Balaban J connectivity index is 1.37. The molecule has 2 N–H and O–H groups in total. The van der Waals surface area contributed by atoms with Crippen LogP contribution in [0.1, 0.15) is 68.9 Å². The van der Waals surface area contributed by atoms with E-state index in [0.717, 1.165) is 12.8 Å². The molecule has 0 aromatic heterocycles. The highest BCUT2D eigenvalue weighted by Gasteiger charge is 1.97. The van der Waals surface area contributed by atoms with E-state index in [4.69, 9.17) is 0 Å². The summed E-state index contributed by atoms with van der Waals surface area (Å²) >= 11 is 0. The molecule has 0 aliphatic heterocycles. The van der Waals surface area contributed by atoms with Crippen LogP contribution in [0, 0.1) is 0 Å². The molecule has 0 bridgehead atoms. The first-order valence-corrected chi connectivity index (χ1v) is 9.80. The Morgan fingerprint density at radius 3 is 1.00 bits per heavy atom. The van der Waals surface area contributed by atoms with Crippen molar-refractivity contribution in [2.75, 3.05) is 0 Å². The Morgan fingerprint density at radius 2 is 0.680 bits per heavy atom. The zero-order valence-electron chi connectivity index (χ0n) is 15.3. The van der Waals surface area contributed by atoms with Crippen LogP contribution >= 0.6 is 0 Å². The molecule has 2 heteroatoms. The minimum absolute atomic E-state index is 0.354. The van der Waals surface area contributed by atoms with Crippen molar-refractivity contribution in [3.63, 3.8) is 0 Å². The molecule has 2 aromatic rings. The summed E-state index contributed by atoms with van der Waals surface area (Å²) in [5, 5.41) is 18.5. The van der Waals surface area contributed by atoms with Crippen LogP contribution in [0.5, 0.6) is 11.5 Å². The number of rotatable bonds is 12. The number of phenols is 2. The molecule has 0 aliphatic rings. The first-order valence-electron chi connectivity index (χ1n) is 9.80. The molecule has 25 heavy (non-hydrogen) atoms. The van der Waals surface area contributed by atoms with E-state index in [1.54, 1.807) is 24.3 Å². The molecule has 0 fully saturated rings. The number of aryl methyl sites for hydroxylation is 2. The summed E-state index contributed by atoms with van der Waals surface area (Å²) < 4.78 is 0. The maximum Gasteiger partial charge on any atom is 0.115 e. The van der Waals surface area contributed by atoms with Crippen LogP contribution in [-0.2, 0) is 12.8 Å². The first-order chi connectivity index (χ1) is 12.2. The third kappa shape index (κ3) is 8.62. The van der Waals surface area contributed by atoms with Crippen molar-refractivity contribution in [3.8, 4) is 11.5 Å². The smallest absolute Gasteiger partial charge is 0.115 e. The summed E-state index contributed by atoms with van der Waals surface area (Å²) in [4.78, 5) is 0. The largest absolute Gasteiger partial charge is 0.508 e. The van der Waals surface area contributed by atoms with Gasteiger partial charge in [0.25, 0.3) is 0 Å². The summed E-state index contributed by atoms with van der Waals surface area (Å²) in [5.74, 6) is 0.707. The Hall–Kier alpha value is -1.96. The SMILES string of the molecule is Oc1ccc(CCCCCCCCCCCc2ccc(O)cc2)cc1. The van der Waals surface area contributed by atoms with Crippen LogP contribution < -0.4 is 0 Å². The number of unbranched alkanes of at least 4 members (excludes halogenated alkanes) is 8. The summed E-state index contributed by atoms with van der Waals surface area (Å²) in [7, 11) is 0. The summed E-state index contributed by atoms with van der Waals surface area (Å²) in [6, 6.07) is 15.2. The number of hydrogen-bond donors (Lipinski definition) is 2. The van der Waals surface area contributed by atoms with Crippen LogP contribution in [0.15, 0.2) is 48.5 Å². The lowest BCUT2D eigenvalue weighted by atomic mass is 10.0. The van der Waals surface area contributed by atoms with Crippen molar-refractivity contribution in [1.82, 2.24) is 0 Å². The normalized spacial score (nSPS) is 10.9. The lowest BCUT2D eigenvalue weighted by Crippen LogP contribution is -1.87. The molecule has 0 heterocycles. The molecule has 136 valence electrons. The van der Waals surface area contributed by atoms with E-state index in [2.05, 4.69) is 0 Å². The second-order valence-corrected chi connectivity index (χ2v) is 7.01. The quantitative estimate of drug-likeness (QED) is 0.439. The predicted molar refractivity (Wildman–Crippen MR) is 105 cm³/mol. The van der Waals surface area contributed by atoms with Crippen molar-refractivity contribution in [1.29, 1.82) is 0 Å². The second-order valence-electron chi connectivity index (χ2n) is 7.01. The molecule has 0 saturated carbocycles. The van der Waals surface area contributed by atoms with Crippen molar-refractivity contribution >= 4 is 0 Å². The monoisotopic (exact) mass is 340 g/mol. The van der Waals surface area contributed by atoms with E-state index < -0.39 is 0 Å². The van der Waals surface area contributed by atoms with Gasteiger partial charge in [-0.15, -0.1) is 0 Å². The van der Waals surface area contributed by atoms with E-state index in [1.807, 2.05) is 24.3 Å². The number of benzene rings is 2. The average molecular weight is 341 g/mol. The van der Waals surface area contributed by atoms with Gasteiger partial charge in [0, 0.05) is 0 Å². The lowest BCUT2D eigenvalue weighted by Gasteiger charge is -2.04. The summed E-state index contributed by atoms with van der Waals surface area (Å²) in [6.45, 7) is 0. The number of phenolic OH excluding ortho intramolecular Hbond substituents is 2. The Kier molecular flexibility index (Phi) is 8.96. The topological polar surface area (TPSA) is 40.5 Å². The van der Waals surface area contributed by atoms with E-state index in [1.165, 1.54) is 68.9 Å². The predicted octanol–water partition coefficient (Wildman–Crippen LogP) is 6.39. The van der Waals surface area contributed by atoms with Gasteiger partial charge >= 0.3 is 0 Å². The van der Waals surface area contributed by atoms with Gasteiger partial charge in [-0.1, -0.05) is 69.2 Å². The maximum absolute atomic E-state index is 9.26. The molecular formula is C23H32O2. The highest BCUT2D eigenvalue weighted by molar-refractivity contribution is 5.26. The van der Waals surface area contributed by atoms with Crippen LogP contribution in [0.2, 0.25) is 0 Å². The molecule has 0 amide bonds. The van der Waals surface area contributed by atoms with Gasteiger partial charge in [0.15, 0.2) is 0 Å². The van der Waals surface area contributed by atoms with E-state index in [9.17, 15) is 10.2 Å². The lowest BCUT2D eigenvalue weighted by molar-refractivity contribution is 0.474. The fraction of sp³-hybridized carbons (Fsp3) is 0.478. The highest BCUT2D eigenvalue weighted by atomic mass is 16.3. The molecule has 0 radical (unpaired) electrons. The van der Waals surface area contributed by atoms with Crippen LogP contribution in [0.3, 0.4) is 0 Å². The molecule has 2 nitrogen and oxygen atoms in total. The molecule has 0 atom stereocenters. The molecule has 2 aromatic carbocycles. The van der Waals surface area contributed by atoms with Crippen molar-refractivity contribution in [2.45, 2.75) is 70.6 Å². The van der Waals surface area contributed by atoms with Crippen molar-refractivity contribution in [2.24, 2.45) is 0 Å². The summed E-state index contributed by atoms with van der Waals surface area (Å²) in [5.41, 5.74) is 2.65. The standard InChI is InChI=1S/C23H32O2/c24-22-16-12-20(13-17-22)10-8-6-4-2-1-3-5-7-9-11-21-14-18-23(25)19-15-21/h12-19,24-25H,1-11H2. The average Bonchev–Trinajstić information content (AvgIpc) is 2.63. The zero-order valence-corrected chi connectivity index (χ0v) is 15.3. The van der Waals surface area contributed by atoms with E-state index in [0.29, 0.717) is 11.5 Å². The summed E-state index contributed by atoms with van der Waals surface area (Å²) in [6.07, 6.45) is 14.1. The molecule has 0 saturated heterocycles. The van der Waals surface area contributed by atoms with Gasteiger partial charge in [-0.2, -0.15) is 0 Å². The minimum Gasteiger partial charge on any atom is -0.508 e. The van der Waals surface area contributed by atoms with Gasteiger partial charge in [0.2, 0.25) is 0 Å². The van der Waals surface area contributed by atoms with Gasteiger partial charge in [0.1, 0.15) is 11.5 Å². The third-order valence-corrected chi connectivity index (χ3v) is 4.80. The third-order valence-electron chi connectivity index (χ3n) is 4.80. The Morgan fingerprint density at radius 1 is 0.400 bits per heavy atom. The molecule has 0 aliphatic carbocycles. The first kappa shape index (κ1) is 19.4. The van der Waals surface area contributed by atoms with Crippen LogP contribution in [0.25, 0.3) is 0 Å².